The van der Waals surface area contributed by atoms with E-state index in [2.05, 4.69) is 80.6 Å². The van der Waals surface area contributed by atoms with E-state index in [0.29, 0.717) is 43.6 Å². The fourth-order valence-electron chi connectivity index (χ4n) is 4.43. The Kier molecular flexibility index (Phi) is 14.4. The van der Waals surface area contributed by atoms with Crippen LogP contribution in [0.2, 0.25) is 0 Å². The van der Waals surface area contributed by atoms with Gasteiger partial charge >= 0.3 is 5.69 Å². The van der Waals surface area contributed by atoms with E-state index in [1.165, 1.54) is 6.20 Å². The Morgan fingerprint density at radius 1 is 1.18 bits per heavy atom. The van der Waals surface area contributed by atoms with Crippen LogP contribution >= 0.6 is 8.45 Å². The number of nitrogens with one attached hydrogen (secondary N) is 1. The third-order valence-corrected chi connectivity index (χ3v) is 8.97. The minimum absolute atomic E-state index is 0.173. The lowest BCUT2D eigenvalue weighted by molar-refractivity contribution is -0.0216. The van der Waals surface area contributed by atoms with Gasteiger partial charge in [0.05, 0.1) is 37.9 Å². The first kappa shape index (κ1) is 33.9. The summed E-state index contributed by atoms with van der Waals surface area (Å²) in [6.45, 7) is 26.9. The van der Waals surface area contributed by atoms with E-state index in [1.54, 1.807) is 0 Å². The summed E-state index contributed by atoms with van der Waals surface area (Å²) in [7, 11) is -0.841. The van der Waals surface area contributed by atoms with Gasteiger partial charge in [-0.05, 0) is 61.8 Å². The van der Waals surface area contributed by atoms with Gasteiger partial charge in [0.15, 0.2) is 8.45 Å². The van der Waals surface area contributed by atoms with E-state index in [9.17, 15) is 14.7 Å². The van der Waals surface area contributed by atoms with Gasteiger partial charge in [-0.25, -0.2) is 19.0 Å². The SMILES string of the molecule is CC(C)N(C(C)C)P(OCCC#N)N(C(C)C)C(C)C.[C-]#[N+]c1cn([C@H]2C[C@@H](O)[C@@H](CC)O2)c(=O)[nH]c1=O. The number of aliphatic hydroxyl groups is 1. The van der Waals surface area contributed by atoms with E-state index in [4.69, 9.17) is 21.1 Å². The molecule has 38 heavy (non-hydrogen) atoms. The largest absolute Gasteiger partial charge is 0.390 e. The van der Waals surface area contributed by atoms with Gasteiger partial charge < -0.3 is 14.4 Å². The average molecular weight is 553 g/mol. The van der Waals surface area contributed by atoms with Crippen molar-refractivity contribution in [2.45, 2.75) is 124 Å². The Balaban J connectivity index is 0.000000381. The molecule has 3 atom stereocenters. The van der Waals surface area contributed by atoms with E-state index in [-0.39, 0.29) is 18.2 Å². The van der Waals surface area contributed by atoms with E-state index < -0.39 is 32.0 Å². The Bertz CT molecular complexity index is 1020. The number of aliphatic hydroxyl groups excluding tert-OH is 1. The van der Waals surface area contributed by atoms with Gasteiger partial charge in [0.2, 0.25) is 0 Å². The zero-order valence-corrected chi connectivity index (χ0v) is 25.1. The molecule has 1 aromatic rings. The molecule has 0 aliphatic carbocycles. The number of H-pyrrole nitrogens is 1. The van der Waals surface area contributed by atoms with Gasteiger partial charge in [-0.15, -0.1) is 0 Å². The molecular weight excluding hydrogens is 507 g/mol. The van der Waals surface area contributed by atoms with Crippen molar-refractivity contribution in [2.24, 2.45) is 0 Å². The molecular formula is C26H45N6O5P. The van der Waals surface area contributed by atoms with E-state index in [0.717, 1.165) is 4.57 Å². The van der Waals surface area contributed by atoms with Crippen LogP contribution < -0.4 is 11.2 Å². The van der Waals surface area contributed by atoms with Gasteiger partial charge in [-0.2, -0.15) is 5.26 Å². The number of ether oxygens (including phenoxy) is 1. The summed E-state index contributed by atoms with van der Waals surface area (Å²) in [5.74, 6) is 0. The maximum atomic E-state index is 11.6. The molecule has 11 nitrogen and oxygen atoms in total. The molecule has 1 aliphatic heterocycles. The monoisotopic (exact) mass is 552 g/mol. The standard InChI is InChI=1S/C15H32N3OP.C11H13N3O4/c1-12(2)17(13(3)4)20(19-11-9-10-16)18(14(5)6)15(7)8;1-3-8-7(15)4-9(18-8)14-5-6(12-2)10(16)13-11(14)17/h12-15H,9,11H2,1-8H3;5,7-9,15H,3-4H2,1H3,(H,13,16,17)/t;7-,8-,9-/m.1/s1. The molecule has 2 heterocycles. The second-order valence-corrected chi connectivity index (χ2v) is 11.9. The van der Waals surface area contributed by atoms with Crippen molar-refractivity contribution >= 4 is 14.1 Å². The van der Waals surface area contributed by atoms with Crippen LogP contribution in [0.15, 0.2) is 15.8 Å². The van der Waals surface area contributed by atoms with Crippen molar-refractivity contribution in [1.29, 1.82) is 5.26 Å². The maximum absolute atomic E-state index is 11.6. The quantitative estimate of drug-likeness (QED) is 0.233. The molecule has 0 amide bonds. The van der Waals surface area contributed by atoms with Crippen LogP contribution in [-0.2, 0) is 9.26 Å². The van der Waals surface area contributed by atoms with Crippen molar-refractivity contribution in [3.63, 3.8) is 0 Å². The molecule has 0 bridgehead atoms. The zero-order chi connectivity index (χ0) is 29.2. The second-order valence-electron chi connectivity index (χ2n) is 10.3. The lowest BCUT2D eigenvalue weighted by Crippen LogP contribution is -2.43. The number of rotatable bonds is 11. The summed E-state index contributed by atoms with van der Waals surface area (Å²) in [5.41, 5.74) is -1.52. The number of aromatic nitrogens is 2. The Hall–Kier alpha value is -2.11. The molecule has 0 aromatic carbocycles. The maximum Gasteiger partial charge on any atom is 0.328 e. The minimum Gasteiger partial charge on any atom is -0.390 e. The smallest absolute Gasteiger partial charge is 0.328 e. The summed E-state index contributed by atoms with van der Waals surface area (Å²) in [4.78, 5) is 28.0. The predicted molar refractivity (Wildman–Crippen MR) is 150 cm³/mol. The lowest BCUT2D eigenvalue weighted by atomic mass is 10.1. The van der Waals surface area contributed by atoms with Gasteiger partial charge in [0.25, 0.3) is 11.2 Å². The normalized spacial score (nSPS) is 19.5. The third kappa shape index (κ3) is 9.27. The molecule has 2 N–H and O–H groups in total. The number of nitriles is 1. The highest BCUT2D eigenvalue weighted by Crippen LogP contribution is 2.50. The van der Waals surface area contributed by atoms with Crippen molar-refractivity contribution in [3.8, 4) is 6.07 Å². The molecule has 0 radical (unpaired) electrons. The third-order valence-electron chi connectivity index (χ3n) is 5.92. The Morgan fingerprint density at radius 3 is 2.11 bits per heavy atom. The molecule has 1 fully saturated rings. The molecule has 0 saturated carbocycles. The van der Waals surface area contributed by atoms with Crippen LogP contribution in [0.5, 0.6) is 0 Å². The fourth-order valence-corrected chi connectivity index (χ4v) is 6.77. The van der Waals surface area contributed by atoms with E-state index in [1.807, 2.05) is 6.92 Å². The predicted octanol–water partition coefficient (Wildman–Crippen LogP) is 4.53. The number of aromatic amines is 1. The average Bonchev–Trinajstić information content (AvgIpc) is 3.19. The Labute approximate surface area is 228 Å². The molecule has 1 aliphatic rings. The van der Waals surface area contributed by atoms with Crippen molar-refractivity contribution in [1.82, 2.24) is 18.9 Å². The summed E-state index contributed by atoms with van der Waals surface area (Å²) in [6.07, 6.45) is 0.902. The highest BCUT2D eigenvalue weighted by molar-refractivity contribution is 7.47. The van der Waals surface area contributed by atoms with Gasteiger partial charge in [0.1, 0.15) is 6.23 Å². The van der Waals surface area contributed by atoms with Crippen LogP contribution in [0.3, 0.4) is 0 Å². The first-order chi connectivity index (χ1) is 17.8. The van der Waals surface area contributed by atoms with Crippen LogP contribution in [0.1, 0.15) is 87.8 Å². The number of hydrogen-bond donors (Lipinski definition) is 2. The highest BCUT2D eigenvalue weighted by atomic mass is 31.2. The first-order valence-electron chi connectivity index (χ1n) is 13.2. The van der Waals surface area contributed by atoms with Crippen LogP contribution in [-0.4, -0.2) is 67.0 Å². The summed E-state index contributed by atoms with van der Waals surface area (Å²) in [5, 5.41) is 18.5. The fraction of sp³-hybridized carbons (Fsp3) is 0.769. The molecule has 0 spiro atoms. The minimum atomic E-state index is -0.841. The number of nitrogens with zero attached hydrogens (tertiary/aromatic N) is 5. The molecule has 12 heteroatoms. The number of hydrogen-bond acceptors (Lipinski definition) is 8. The van der Waals surface area contributed by atoms with Gasteiger partial charge in [-0.1, -0.05) is 6.92 Å². The highest BCUT2D eigenvalue weighted by Gasteiger charge is 2.35. The van der Waals surface area contributed by atoms with Gasteiger partial charge in [0, 0.05) is 36.8 Å². The van der Waals surface area contributed by atoms with E-state index >= 15 is 0 Å². The topological polar surface area (TPSA) is 128 Å². The lowest BCUT2D eigenvalue weighted by Gasteiger charge is -2.45. The summed E-state index contributed by atoms with van der Waals surface area (Å²) >= 11 is 0. The zero-order valence-electron chi connectivity index (χ0n) is 24.2. The van der Waals surface area contributed by atoms with Gasteiger partial charge in [-0.3, -0.25) is 14.3 Å². The van der Waals surface area contributed by atoms with Crippen LogP contribution in [0, 0.1) is 17.9 Å². The second kappa shape index (κ2) is 16.1. The summed E-state index contributed by atoms with van der Waals surface area (Å²) < 4.78 is 17.7. The molecule has 2 rings (SSSR count). The van der Waals surface area contributed by atoms with Crippen molar-refractivity contribution < 1.29 is 14.4 Å². The molecule has 1 saturated heterocycles. The molecule has 1 aromatic heterocycles. The van der Waals surface area contributed by atoms with Crippen molar-refractivity contribution in [3.05, 3.63) is 38.5 Å². The summed E-state index contributed by atoms with van der Waals surface area (Å²) in [6, 6.07) is 3.84. The Morgan fingerprint density at radius 2 is 1.71 bits per heavy atom. The molecule has 214 valence electrons. The first-order valence-corrected chi connectivity index (χ1v) is 14.4. The molecule has 0 unspecified atom stereocenters. The van der Waals surface area contributed by atoms with Crippen molar-refractivity contribution in [2.75, 3.05) is 6.61 Å². The van der Waals surface area contributed by atoms with Crippen LogP contribution in [0.4, 0.5) is 5.69 Å². The van der Waals surface area contributed by atoms with Crippen LogP contribution in [0.25, 0.3) is 4.85 Å².